The lowest BCUT2D eigenvalue weighted by molar-refractivity contribution is 1.37. The van der Waals surface area contributed by atoms with E-state index in [1.807, 2.05) is 54.9 Å². The normalized spacial score (nSPS) is 10.2. The van der Waals surface area contributed by atoms with Gasteiger partial charge in [-0.15, -0.1) is 0 Å². The highest BCUT2D eigenvalue weighted by molar-refractivity contribution is 5.73. The van der Waals surface area contributed by atoms with Crippen molar-refractivity contribution in [2.24, 2.45) is 0 Å². The van der Waals surface area contributed by atoms with E-state index in [0.29, 0.717) is 5.56 Å². The molecule has 0 saturated heterocycles. The number of aromatic nitrogens is 2. The Balaban J connectivity index is 2.12. The predicted octanol–water partition coefficient (Wildman–Crippen LogP) is 3.55. The van der Waals surface area contributed by atoms with Crippen LogP contribution in [0.15, 0.2) is 54.9 Å². The van der Waals surface area contributed by atoms with Crippen molar-refractivity contribution in [2.75, 3.05) is 0 Å². The van der Waals surface area contributed by atoms with Crippen LogP contribution in [-0.4, -0.2) is 9.97 Å². The molecule has 0 aliphatic rings. The van der Waals surface area contributed by atoms with Crippen molar-refractivity contribution in [1.29, 1.82) is 5.26 Å². The van der Waals surface area contributed by atoms with Crippen LogP contribution in [0, 0.1) is 11.3 Å². The van der Waals surface area contributed by atoms with Crippen LogP contribution in [0.3, 0.4) is 0 Å². The third-order valence-corrected chi connectivity index (χ3v) is 2.94. The van der Waals surface area contributed by atoms with Crippen LogP contribution in [0.4, 0.5) is 0 Å². The van der Waals surface area contributed by atoms with Crippen LogP contribution >= 0.6 is 0 Å². The highest BCUT2D eigenvalue weighted by Crippen LogP contribution is 2.26. The van der Waals surface area contributed by atoms with Gasteiger partial charge in [-0.1, -0.05) is 12.1 Å². The molecule has 0 radical (unpaired) electrons. The minimum absolute atomic E-state index is 0.671. The van der Waals surface area contributed by atoms with E-state index in [1.54, 1.807) is 0 Å². The maximum atomic E-state index is 9.27. The number of nitriles is 1. The molecule has 18 heavy (non-hydrogen) atoms. The molecule has 2 heterocycles. The molecule has 86 valence electrons. The lowest BCUT2D eigenvalue weighted by atomic mass is 10.0. The van der Waals surface area contributed by atoms with Gasteiger partial charge in [0.05, 0.1) is 11.6 Å². The Morgan fingerprint density at radius 3 is 2.22 bits per heavy atom. The number of hydrogen-bond donors (Lipinski definition) is 2. The van der Waals surface area contributed by atoms with Crippen LogP contribution in [-0.2, 0) is 0 Å². The van der Waals surface area contributed by atoms with Crippen LogP contribution in [0.2, 0.25) is 0 Å². The van der Waals surface area contributed by atoms with E-state index < -0.39 is 0 Å². The summed E-state index contributed by atoms with van der Waals surface area (Å²) in [7, 11) is 0. The van der Waals surface area contributed by atoms with Gasteiger partial charge in [-0.05, 0) is 35.9 Å². The van der Waals surface area contributed by atoms with Crippen molar-refractivity contribution in [3.05, 3.63) is 60.4 Å². The van der Waals surface area contributed by atoms with Gasteiger partial charge in [0.25, 0.3) is 0 Å². The highest BCUT2D eigenvalue weighted by Gasteiger charge is 2.07. The average Bonchev–Trinajstić information content (AvgIpc) is 3.11. The van der Waals surface area contributed by atoms with Crippen LogP contribution in [0.25, 0.3) is 22.5 Å². The molecule has 0 bridgehead atoms. The first kappa shape index (κ1) is 10.4. The van der Waals surface area contributed by atoms with E-state index in [0.717, 1.165) is 22.5 Å². The summed E-state index contributed by atoms with van der Waals surface area (Å²) in [6.45, 7) is 0. The molecule has 0 aliphatic carbocycles. The fourth-order valence-corrected chi connectivity index (χ4v) is 2.05. The fraction of sp³-hybridized carbons (Fsp3) is 0. The molecule has 2 aromatic heterocycles. The Labute approximate surface area is 105 Å². The highest BCUT2D eigenvalue weighted by atomic mass is 14.7. The zero-order valence-electron chi connectivity index (χ0n) is 9.64. The number of H-pyrrole nitrogens is 2. The molecular weight excluding hydrogens is 222 g/mol. The third-order valence-electron chi connectivity index (χ3n) is 2.94. The summed E-state index contributed by atoms with van der Waals surface area (Å²) in [6.07, 6.45) is 3.73. The predicted molar refractivity (Wildman–Crippen MR) is 70.7 cm³/mol. The second-order valence-electron chi connectivity index (χ2n) is 4.04. The van der Waals surface area contributed by atoms with Crippen molar-refractivity contribution in [3.8, 4) is 28.6 Å². The lowest BCUT2D eigenvalue weighted by Gasteiger charge is -2.04. The lowest BCUT2D eigenvalue weighted by Crippen LogP contribution is -1.86. The molecule has 3 nitrogen and oxygen atoms in total. The van der Waals surface area contributed by atoms with Gasteiger partial charge in [0.2, 0.25) is 0 Å². The SMILES string of the molecule is N#Cc1cc(-c2ccc[nH]2)ccc1-c1ccc[nH]1. The zero-order valence-corrected chi connectivity index (χ0v) is 9.64. The van der Waals surface area contributed by atoms with E-state index in [9.17, 15) is 5.26 Å². The number of rotatable bonds is 2. The summed E-state index contributed by atoms with van der Waals surface area (Å²) in [6, 6.07) is 16.0. The third kappa shape index (κ3) is 1.70. The van der Waals surface area contributed by atoms with E-state index in [4.69, 9.17) is 0 Å². The minimum atomic E-state index is 0.671. The number of nitrogens with one attached hydrogen (secondary N) is 2. The molecule has 0 spiro atoms. The number of benzene rings is 1. The second kappa shape index (κ2) is 4.27. The Hall–Kier alpha value is -2.73. The topological polar surface area (TPSA) is 55.4 Å². The molecule has 1 aromatic carbocycles. The number of nitrogens with zero attached hydrogens (tertiary/aromatic N) is 1. The first-order chi connectivity index (χ1) is 8.88. The minimum Gasteiger partial charge on any atom is -0.361 e. The van der Waals surface area contributed by atoms with Gasteiger partial charge in [0.1, 0.15) is 0 Å². The molecule has 3 heteroatoms. The molecule has 3 rings (SSSR count). The number of hydrogen-bond acceptors (Lipinski definition) is 1. The zero-order chi connectivity index (χ0) is 12.4. The second-order valence-corrected chi connectivity index (χ2v) is 4.04. The summed E-state index contributed by atoms with van der Waals surface area (Å²) in [5.41, 5.74) is 4.60. The Morgan fingerprint density at radius 1 is 0.889 bits per heavy atom. The van der Waals surface area contributed by atoms with Crippen molar-refractivity contribution in [1.82, 2.24) is 9.97 Å². The summed E-state index contributed by atoms with van der Waals surface area (Å²) in [5.74, 6) is 0. The van der Waals surface area contributed by atoms with Gasteiger partial charge in [0.15, 0.2) is 0 Å². The summed E-state index contributed by atoms with van der Waals surface area (Å²) >= 11 is 0. The van der Waals surface area contributed by atoms with Crippen molar-refractivity contribution < 1.29 is 0 Å². The monoisotopic (exact) mass is 233 g/mol. The van der Waals surface area contributed by atoms with E-state index in [-0.39, 0.29) is 0 Å². The van der Waals surface area contributed by atoms with Crippen LogP contribution in [0.1, 0.15) is 5.56 Å². The Kier molecular flexibility index (Phi) is 2.47. The molecule has 0 saturated carbocycles. The summed E-state index contributed by atoms with van der Waals surface area (Å²) in [4.78, 5) is 6.27. The fourth-order valence-electron chi connectivity index (χ4n) is 2.05. The molecule has 3 aromatic rings. The van der Waals surface area contributed by atoms with Gasteiger partial charge in [-0.25, -0.2) is 0 Å². The maximum absolute atomic E-state index is 9.27. The van der Waals surface area contributed by atoms with E-state index in [1.165, 1.54) is 0 Å². The summed E-state index contributed by atoms with van der Waals surface area (Å²) < 4.78 is 0. The van der Waals surface area contributed by atoms with Crippen molar-refractivity contribution in [3.63, 3.8) is 0 Å². The molecule has 0 atom stereocenters. The smallest absolute Gasteiger partial charge is 0.0998 e. The molecular formula is C15H11N3. The summed E-state index contributed by atoms with van der Waals surface area (Å²) in [5, 5.41) is 9.27. The maximum Gasteiger partial charge on any atom is 0.0998 e. The standard InChI is InChI=1S/C15H11N3/c16-10-12-9-11(14-3-1-7-17-14)5-6-13(12)15-4-2-8-18-15/h1-9,17-18H. The van der Waals surface area contributed by atoms with Gasteiger partial charge >= 0.3 is 0 Å². The van der Waals surface area contributed by atoms with Crippen molar-refractivity contribution >= 4 is 0 Å². The molecule has 0 aliphatic heterocycles. The van der Waals surface area contributed by atoms with E-state index in [2.05, 4.69) is 16.0 Å². The largest absolute Gasteiger partial charge is 0.361 e. The Bertz CT molecular complexity index is 686. The van der Waals surface area contributed by atoms with Gasteiger partial charge in [-0.2, -0.15) is 5.26 Å². The van der Waals surface area contributed by atoms with E-state index >= 15 is 0 Å². The molecule has 0 amide bonds. The quantitative estimate of drug-likeness (QED) is 0.698. The first-order valence-electron chi connectivity index (χ1n) is 5.70. The molecule has 0 unspecified atom stereocenters. The van der Waals surface area contributed by atoms with Crippen molar-refractivity contribution in [2.45, 2.75) is 0 Å². The first-order valence-corrected chi connectivity index (χ1v) is 5.70. The van der Waals surface area contributed by atoms with Crippen LogP contribution in [0.5, 0.6) is 0 Å². The van der Waals surface area contributed by atoms with Gasteiger partial charge < -0.3 is 9.97 Å². The van der Waals surface area contributed by atoms with Gasteiger partial charge in [-0.3, -0.25) is 0 Å². The molecule has 2 N–H and O–H groups in total. The van der Waals surface area contributed by atoms with Gasteiger partial charge in [0, 0.05) is 29.3 Å². The average molecular weight is 233 g/mol. The molecule has 0 fully saturated rings. The Morgan fingerprint density at radius 2 is 1.61 bits per heavy atom. The number of aromatic amines is 2. The van der Waals surface area contributed by atoms with Crippen LogP contribution < -0.4 is 0 Å².